The molecule has 0 bridgehead atoms. The molecule has 3 aromatic rings. The van der Waals surface area contributed by atoms with Gasteiger partial charge >= 0.3 is 5.97 Å². The Hall–Kier alpha value is -2.82. The van der Waals surface area contributed by atoms with Gasteiger partial charge in [0.2, 0.25) is 10.0 Å². The number of thiazole rings is 1. The van der Waals surface area contributed by atoms with Gasteiger partial charge in [-0.2, -0.15) is 4.99 Å². The molecule has 2 aromatic carbocycles. The smallest absolute Gasteiger partial charge is 0.325 e. The average molecular weight is 462 g/mol. The van der Waals surface area contributed by atoms with Crippen molar-refractivity contribution in [1.29, 1.82) is 0 Å². The maximum absolute atomic E-state index is 12.8. The number of aromatic nitrogens is 1. The fourth-order valence-electron chi connectivity index (χ4n) is 2.90. The fraction of sp³-hybridized carbons (Fsp3) is 0.286. The minimum atomic E-state index is -3.59. The van der Waals surface area contributed by atoms with E-state index in [4.69, 9.17) is 4.74 Å². The van der Waals surface area contributed by atoms with Gasteiger partial charge in [-0.25, -0.2) is 12.7 Å². The van der Waals surface area contributed by atoms with Crippen LogP contribution < -0.4 is 4.80 Å². The molecule has 0 N–H and O–H groups in total. The number of hydrogen-bond donors (Lipinski definition) is 0. The quantitative estimate of drug-likeness (QED) is 0.525. The van der Waals surface area contributed by atoms with Crippen LogP contribution in [-0.2, 0) is 32.5 Å². The van der Waals surface area contributed by atoms with Crippen LogP contribution in [0.5, 0.6) is 0 Å². The number of aryl methyl sites for hydroxylation is 1. The highest BCUT2D eigenvalue weighted by Gasteiger charge is 2.18. The minimum absolute atomic E-state index is 0.0753. The molecule has 8 nitrogen and oxygen atoms in total. The van der Waals surface area contributed by atoms with E-state index in [9.17, 15) is 18.0 Å². The molecule has 1 aromatic heterocycles. The van der Waals surface area contributed by atoms with E-state index in [2.05, 4.69) is 4.99 Å². The molecule has 0 saturated heterocycles. The number of sulfonamides is 1. The Labute approximate surface area is 184 Å². The number of esters is 1. The van der Waals surface area contributed by atoms with Gasteiger partial charge in [0.15, 0.2) is 4.80 Å². The zero-order valence-corrected chi connectivity index (χ0v) is 19.3. The van der Waals surface area contributed by atoms with Crippen molar-refractivity contribution in [2.45, 2.75) is 24.8 Å². The molecule has 3 rings (SSSR count). The SMILES string of the molecule is CCc1ccc2c(c1)sc(=NC(=O)c1ccc(S(=O)(=O)N(C)C)cc1)n2CC(=O)OC. The molecule has 1 heterocycles. The largest absolute Gasteiger partial charge is 0.468 e. The number of rotatable bonds is 6. The van der Waals surface area contributed by atoms with E-state index in [1.165, 1.54) is 56.8 Å². The molecule has 1 amide bonds. The first-order chi connectivity index (χ1) is 14.7. The molecule has 0 spiro atoms. The number of ether oxygens (including phenoxy) is 1. The van der Waals surface area contributed by atoms with Crippen LogP contribution in [0.4, 0.5) is 0 Å². The van der Waals surface area contributed by atoms with Gasteiger partial charge < -0.3 is 9.30 Å². The number of carbonyl (C=O) groups excluding carboxylic acids is 2. The molecular weight excluding hydrogens is 438 g/mol. The van der Waals surface area contributed by atoms with Gasteiger partial charge in [0.05, 0.1) is 22.2 Å². The zero-order chi connectivity index (χ0) is 22.8. The van der Waals surface area contributed by atoms with Gasteiger partial charge in [-0.3, -0.25) is 9.59 Å². The number of hydrogen-bond acceptors (Lipinski definition) is 6. The summed E-state index contributed by atoms with van der Waals surface area (Å²) in [5, 5.41) is 0. The molecule has 31 heavy (non-hydrogen) atoms. The molecule has 164 valence electrons. The molecule has 0 radical (unpaired) electrons. The van der Waals surface area contributed by atoms with E-state index >= 15 is 0 Å². The van der Waals surface area contributed by atoms with Gasteiger partial charge in [-0.05, 0) is 48.4 Å². The summed E-state index contributed by atoms with van der Waals surface area (Å²) in [5.74, 6) is -0.985. The number of nitrogens with zero attached hydrogens (tertiary/aromatic N) is 3. The minimum Gasteiger partial charge on any atom is -0.468 e. The summed E-state index contributed by atoms with van der Waals surface area (Å²) in [6.45, 7) is 1.97. The predicted octanol–water partition coefficient (Wildman–Crippen LogP) is 2.43. The molecule has 0 atom stereocenters. The monoisotopic (exact) mass is 461 g/mol. The lowest BCUT2D eigenvalue weighted by molar-refractivity contribution is -0.141. The van der Waals surface area contributed by atoms with Crippen LogP contribution in [0.2, 0.25) is 0 Å². The molecule has 0 fully saturated rings. The lowest BCUT2D eigenvalue weighted by Crippen LogP contribution is -2.23. The van der Waals surface area contributed by atoms with Crippen LogP contribution in [0.15, 0.2) is 52.4 Å². The standard InChI is InChI=1S/C21H23N3O5S2/c1-5-14-6-11-17-18(12-14)30-21(24(17)13-19(25)29-4)22-20(26)15-7-9-16(10-8-15)31(27,28)23(2)3/h6-12H,5,13H2,1-4H3. The van der Waals surface area contributed by atoms with E-state index in [-0.39, 0.29) is 17.0 Å². The van der Waals surface area contributed by atoms with Crippen LogP contribution in [0.25, 0.3) is 10.2 Å². The second kappa shape index (κ2) is 9.13. The number of methoxy groups -OCH3 is 1. The fourth-order valence-corrected chi connectivity index (χ4v) is 4.89. The highest BCUT2D eigenvalue weighted by Crippen LogP contribution is 2.20. The second-order valence-electron chi connectivity index (χ2n) is 6.93. The summed E-state index contributed by atoms with van der Waals surface area (Å²) in [6.07, 6.45) is 0.860. The second-order valence-corrected chi connectivity index (χ2v) is 10.1. The molecule has 0 aliphatic carbocycles. The Morgan fingerprint density at radius 3 is 2.39 bits per heavy atom. The number of benzene rings is 2. The van der Waals surface area contributed by atoms with Crippen molar-refractivity contribution in [1.82, 2.24) is 8.87 Å². The third kappa shape index (κ3) is 4.76. The van der Waals surface area contributed by atoms with Gasteiger partial charge in [0, 0.05) is 19.7 Å². The summed E-state index contributed by atoms with van der Waals surface area (Å²) < 4.78 is 32.8. The highest BCUT2D eigenvalue weighted by molar-refractivity contribution is 7.89. The highest BCUT2D eigenvalue weighted by atomic mass is 32.2. The Morgan fingerprint density at radius 1 is 1.13 bits per heavy atom. The summed E-state index contributed by atoms with van der Waals surface area (Å²) in [4.78, 5) is 29.3. The third-order valence-corrected chi connectivity index (χ3v) is 7.62. The van der Waals surface area contributed by atoms with Gasteiger partial charge in [0.25, 0.3) is 5.91 Å². The lowest BCUT2D eigenvalue weighted by atomic mass is 10.2. The molecule has 0 aliphatic heterocycles. The zero-order valence-electron chi connectivity index (χ0n) is 17.7. The molecule has 0 aliphatic rings. The van der Waals surface area contributed by atoms with Crippen molar-refractivity contribution in [3.8, 4) is 0 Å². The van der Waals surface area contributed by atoms with E-state index in [1.54, 1.807) is 4.57 Å². The summed E-state index contributed by atoms with van der Waals surface area (Å²) >= 11 is 1.31. The van der Waals surface area contributed by atoms with Crippen molar-refractivity contribution >= 4 is 43.5 Å². The van der Waals surface area contributed by atoms with Gasteiger partial charge in [0.1, 0.15) is 6.54 Å². The Balaban J connectivity index is 2.05. The topological polar surface area (TPSA) is 98.0 Å². The van der Waals surface area contributed by atoms with Crippen LogP contribution in [0, 0.1) is 0 Å². The van der Waals surface area contributed by atoms with Crippen LogP contribution in [-0.4, -0.2) is 50.4 Å². The molecule has 10 heteroatoms. The van der Waals surface area contributed by atoms with E-state index in [0.29, 0.717) is 4.80 Å². The summed E-state index contributed by atoms with van der Waals surface area (Å²) in [6, 6.07) is 11.5. The van der Waals surface area contributed by atoms with Crippen molar-refractivity contribution in [2.75, 3.05) is 21.2 Å². The number of amides is 1. The van der Waals surface area contributed by atoms with Crippen molar-refractivity contribution in [3.63, 3.8) is 0 Å². The number of fused-ring (bicyclic) bond motifs is 1. The van der Waals surface area contributed by atoms with Crippen molar-refractivity contribution < 1.29 is 22.7 Å². The van der Waals surface area contributed by atoms with Gasteiger partial charge in [-0.15, -0.1) is 0 Å². The Morgan fingerprint density at radius 2 is 1.81 bits per heavy atom. The Kier molecular flexibility index (Phi) is 6.73. The first-order valence-electron chi connectivity index (χ1n) is 9.48. The van der Waals surface area contributed by atoms with Gasteiger partial charge in [-0.1, -0.05) is 24.3 Å². The average Bonchev–Trinajstić information content (AvgIpc) is 3.09. The number of carbonyl (C=O) groups is 2. The first kappa shape index (κ1) is 22.9. The van der Waals surface area contributed by atoms with Crippen LogP contribution in [0.3, 0.4) is 0 Å². The molecule has 0 unspecified atom stereocenters. The van der Waals surface area contributed by atoms with E-state index in [1.807, 2.05) is 25.1 Å². The van der Waals surface area contributed by atoms with Crippen LogP contribution >= 0.6 is 11.3 Å². The Bertz CT molecular complexity index is 1300. The van der Waals surface area contributed by atoms with E-state index < -0.39 is 21.9 Å². The maximum atomic E-state index is 12.8. The lowest BCUT2D eigenvalue weighted by Gasteiger charge is -2.11. The van der Waals surface area contributed by atoms with E-state index in [0.717, 1.165) is 26.5 Å². The van der Waals surface area contributed by atoms with Crippen LogP contribution in [0.1, 0.15) is 22.8 Å². The molecule has 0 saturated carbocycles. The summed E-state index contributed by atoms with van der Waals surface area (Å²) in [7, 11) is 0.596. The summed E-state index contributed by atoms with van der Waals surface area (Å²) in [5.41, 5.74) is 2.16. The first-order valence-corrected chi connectivity index (χ1v) is 11.7. The van der Waals surface area contributed by atoms with Crippen molar-refractivity contribution in [2.24, 2.45) is 4.99 Å². The predicted molar refractivity (Wildman–Crippen MR) is 118 cm³/mol. The third-order valence-electron chi connectivity index (χ3n) is 4.75. The van der Waals surface area contributed by atoms with Crippen molar-refractivity contribution in [3.05, 3.63) is 58.4 Å². The molecular formula is C21H23N3O5S2. The normalized spacial score (nSPS) is 12.5. The maximum Gasteiger partial charge on any atom is 0.325 e.